The van der Waals surface area contributed by atoms with Crippen molar-refractivity contribution < 1.29 is 14.7 Å². The fourth-order valence-corrected chi connectivity index (χ4v) is 1.55. The molecule has 0 saturated carbocycles. The number of terminal acetylenes is 1. The summed E-state index contributed by atoms with van der Waals surface area (Å²) >= 11 is 0. The van der Waals surface area contributed by atoms with E-state index in [4.69, 9.17) is 11.5 Å². The van der Waals surface area contributed by atoms with Crippen LogP contribution >= 0.6 is 0 Å². The zero-order valence-corrected chi connectivity index (χ0v) is 8.64. The van der Waals surface area contributed by atoms with Gasteiger partial charge in [-0.3, -0.25) is 4.79 Å². The lowest BCUT2D eigenvalue weighted by molar-refractivity contribution is -0.139. The molecule has 5 heteroatoms. The molecule has 0 aromatic carbocycles. The number of nitrogens with zero attached hydrogens (tertiary/aromatic N) is 2. The van der Waals surface area contributed by atoms with Crippen molar-refractivity contribution in [2.75, 3.05) is 26.7 Å². The smallest absolute Gasteiger partial charge is 0.320 e. The third-order valence-corrected chi connectivity index (χ3v) is 2.35. The van der Waals surface area contributed by atoms with Gasteiger partial charge in [-0.2, -0.15) is 0 Å². The lowest BCUT2D eigenvalue weighted by Gasteiger charge is -2.40. The van der Waals surface area contributed by atoms with Crippen LogP contribution in [0.5, 0.6) is 0 Å². The Kier molecular flexibility index (Phi) is 3.56. The van der Waals surface area contributed by atoms with E-state index in [9.17, 15) is 9.59 Å². The van der Waals surface area contributed by atoms with Gasteiger partial charge >= 0.3 is 12.0 Å². The number of hydrogen-bond donors (Lipinski definition) is 1. The molecule has 0 spiro atoms. The normalized spacial score (nSPS) is 15.3. The molecule has 0 aromatic rings. The summed E-state index contributed by atoms with van der Waals surface area (Å²) in [6.07, 6.45) is 5.21. The number of urea groups is 1. The van der Waals surface area contributed by atoms with E-state index >= 15 is 0 Å². The first-order chi connectivity index (χ1) is 7.04. The molecule has 1 fully saturated rings. The van der Waals surface area contributed by atoms with Gasteiger partial charge in [0.05, 0.1) is 13.0 Å². The van der Waals surface area contributed by atoms with Gasteiger partial charge in [0.2, 0.25) is 0 Å². The fourth-order valence-electron chi connectivity index (χ4n) is 1.55. The molecule has 0 aliphatic carbocycles. The van der Waals surface area contributed by atoms with E-state index in [1.807, 2.05) is 0 Å². The molecule has 0 radical (unpaired) electrons. The zero-order chi connectivity index (χ0) is 11.4. The van der Waals surface area contributed by atoms with Crippen LogP contribution in [-0.2, 0) is 4.79 Å². The predicted molar refractivity (Wildman–Crippen MR) is 54.2 cm³/mol. The van der Waals surface area contributed by atoms with Crippen LogP contribution in [0.4, 0.5) is 4.79 Å². The van der Waals surface area contributed by atoms with E-state index in [0.717, 1.165) is 0 Å². The van der Waals surface area contributed by atoms with Crippen molar-refractivity contribution >= 4 is 12.0 Å². The van der Waals surface area contributed by atoms with Crippen molar-refractivity contribution in [3.63, 3.8) is 0 Å². The summed E-state index contributed by atoms with van der Waals surface area (Å²) in [5.74, 6) is 1.65. The molecule has 1 saturated heterocycles. The maximum absolute atomic E-state index is 11.6. The van der Waals surface area contributed by atoms with Crippen LogP contribution in [0, 0.1) is 18.3 Å². The minimum Gasteiger partial charge on any atom is -0.481 e. The monoisotopic (exact) mass is 210 g/mol. The van der Waals surface area contributed by atoms with Crippen LogP contribution in [0.2, 0.25) is 0 Å². The first-order valence-corrected chi connectivity index (χ1v) is 4.70. The molecule has 0 aromatic heterocycles. The number of carbonyl (C=O) groups excluding carboxylic acids is 1. The number of aliphatic carboxylic acids is 1. The van der Waals surface area contributed by atoms with Crippen LogP contribution in [0.15, 0.2) is 0 Å². The summed E-state index contributed by atoms with van der Waals surface area (Å²) in [5.41, 5.74) is 0. The lowest BCUT2D eigenvalue weighted by Crippen LogP contribution is -2.54. The Balaban J connectivity index is 2.29. The number of carbonyl (C=O) groups is 2. The minimum atomic E-state index is -0.816. The molecular formula is C10H14N2O3. The molecule has 15 heavy (non-hydrogen) atoms. The molecule has 5 nitrogen and oxygen atoms in total. The SMILES string of the molecule is C#CCN(C)C(=O)N1CC(CC(=O)O)C1. The molecule has 1 rings (SSSR count). The summed E-state index contributed by atoms with van der Waals surface area (Å²) in [7, 11) is 1.63. The number of likely N-dealkylation sites (tertiary alicyclic amines) is 1. The number of carboxylic acids is 1. The third kappa shape index (κ3) is 2.88. The Morgan fingerprint density at radius 2 is 2.20 bits per heavy atom. The molecule has 2 amide bonds. The fraction of sp³-hybridized carbons (Fsp3) is 0.600. The standard InChI is InChI=1S/C10H14N2O3/c1-3-4-11(2)10(15)12-6-8(7-12)5-9(13)14/h1,8H,4-7H2,2H3,(H,13,14). The largest absolute Gasteiger partial charge is 0.481 e. The summed E-state index contributed by atoms with van der Waals surface area (Å²) in [6.45, 7) is 1.30. The van der Waals surface area contributed by atoms with Crippen molar-refractivity contribution in [3.8, 4) is 12.3 Å². The number of carboxylic acid groups (broad SMARTS) is 1. The first-order valence-electron chi connectivity index (χ1n) is 4.70. The quantitative estimate of drug-likeness (QED) is 0.671. The van der Waals surface area contributed by atoms with Crippen LogP contribution < -0.4 is 0 Å². The highest BCUT2D eigenvalue weighted by Crippen LogP contribution is 2.19. The van der Waals surface area contributed by atoms with Crippen LogP contribution in [0.25, 0.3) is 0 Å². The second-order valence-corrected chi connectivity index (χ2v) is 3.71. The van der Waals surface area contributed by atoms with E-state index in [1.165, 1.54) is 4.90 Å². The lowest BCUT2D eigenvalue weighted by atomic mass is 9.97. The summed E-state index contributed by atoms with van der Waals surface area (Å²) in [6, 6.07) is -0.130. The maximum atomic E-state index is 11.6. The Labute approximate surface area is 88.7 Å². The molecule has 1 aliphatic heterocycles. The van der Waals surface area contributed by atoms with Crippen molar-refractivity contribution in [2.24, 2.45) is 5.92 Å². The summed E-state index contributed by atoms with van der Waals surface area (Å²) in [5, 5.41) is 8.53. The molecule has 0 bridgehead atoms. The first kappa shape index (κ1) is 11.4. The zero-order valence-electron chi connectivity index (χ0n) is 8.64. The van der Waals surface area contributed by atoms with Crippen LogP contribution in [0.3, 0.4) is 0 Å². The van der Waals surface area contributed by atoms with Gasteiger partial charge in [0.1, 0.15) is 0 Å². The third-order valence-electron chi connectivity index (χ3n) is 2.35. The van der Waals surface area contributed by atoms with Gasteiger partial charge in [-0.1, -0.05) is 5.92 Å². The average molecular weight is 210 g/mol. The van der Waals surface area contributed by atoms with Crippen molar-refractivity contribution in [1.29, 1.82) is 0 Å². The Morgan fingerprint density at radius 3 is 2.67 bits per heavy atom. The molecule has 1 aliphatic rings. The highest BCUT2D eigenvalue weighted by molar-refractivity contribution is 5.76. The van der Waals surface area contributed by atoms with Crippen molar-refractivity contribution in [2.45, 2.75) is 6.42 Å². The van der Waals surface area contributed by atoms with Crippen molar-refractivity contribution in [1.82, 2.24) is 9.80 Å². The Bertz CT molecular complexity index is 302. The molecule has 0 unspecified atom stereocenters. The van der Waals surface area contributed by atoms with E-state index in [-0.39, 0.29) is 24.9 Å². The van der Waals surface area contributed by atoms with E-state index in [1.54, 1.807) is 11.9 Å². The van der Waals surface area contributed by atoms with Gasteiger partial charge in [-0.15, -0.1) is 6.42 Å². The van der Waals surface area contributed by atoms with Gasteiger partial charge < -0.3 is 14.9 Å². The van der Waals surface area contributed by atoms with Gasteiger partial charge in [0.15, 0.2) is 0 Å². The van der Waals surface area contributed by atoms with Crippen molar-refractivity contribution in [3.05, 3.63) is 0 Å². The maximum Gasteiger partial charge on any atom is 0.320 e. The van der Waals surface area contributed by atoms with Gasteiger partial charge in [0, 0.05) is 26.1 Å². The summed E-state index contributed by atoms with van der Waals surface area (Å²) < 4.78 is 0. The van der Waals surface area contributed by atoms with E-state index < -0.39 is 5.97 Å². The van der Waals surface area contributed by atoms with E-state index in [0.29, 0.717) is 13.1 Å². The predicted octanol–water partition coefficient (Wildman–Crippen LogP) is 0.0779. The second kappa shape index (κ2) is 4.69. The summed E-state index contributed by atoms with van der Waals surface area (Å²) in [4.78, 5) is 25.0. The average Bonchev–Trinajstić information content (AvgIpc) is 2.09. The Hall–Kier alpha value is -1.70. The number of rotatable bonds is 3. The molecule has 1 N–H and O–H groups in total. The molecule has 82 valence electrons. The molecular weight excluding hydrogens is 196 g/mol. The van der Waals surface area contributed by atoms with Crippen LogP contribution in [0.1, 0.15) is 6.42 Å². The second-order valence-electron chi connectivity index (χ2n) is 3.71. The van der Waals surface area contributed by atoms with Gasteiger partial charge in [0.25, 0.3) is 0 Å². The van der Waals surface area contributed by atoms with E-state index in [2.05, 4.69) is 5.92 Å². The molecule has 1 heterocycles. The minimum absolute atomic E-state index is 0.0886. The number of hydrogen-bond acceptors (Lipinski definition) is 2. The Morgan fingerprint density at radius 1 is 1.60 bits per heavy atom. The molecule has 0 atom stereocenters. The topological polar surface area (TPSA) is 60.9 Å². The highest BCUT2D eigenvalue weighted by atomic mass is 16.4. The highest BCUT2D eigenvalue weighted by Gasteiger charge is 2.33. The van der Waals surface area contributed by atoms with Gasteiger partial charge in [-0.05, 0) is 0 Å². The van der Waals surface area contributed by atoms with Crippen LogP contribution in [-0.4, -0.2) is 53.6 Å². The van der Waals surface area contributed by atoms with Gasteiger partial charge in [-0.25, -0.2) is 4.79 Å². The number of amides is 2.